The van der Waals surface area contributed by atoms with Gasteiger partial charge in [0, 0.05) is 16.8 Å². The van der Waals surface area contributed by atoms with Crippen LogP contribution < -0.4 is 5.32 Å². The molecule has 4 heteroatoms. The van der Waals surface area contributed by atoms with Gasteiger partial charge in [-0.25, -0.2) is 0 Å². The fourth-order valence-electron chi connectivity index (χ4n) is 1.44. The molecule has 2 nitrogen and oxygen atoms in total. The molecular formula is C13H20BrNOS. The largest absolute Gasteiger partial charge is 0.351 e. The van der Waals surface area contributed by atoms with Crippen LogP contribution >= 0.6 is 27.3 Å². The van der Waals surface area contributed by atoms with E-state index in [0.29, 0.717) is 6.54 Å². The van der Waals surface area contributed by atoms with Gasteiger partial charge in [-0.2, -0.15) is 0 Å². The molecule has 1 N–H and O–H groups in total. The van der Waals surface area contributed by atoms with E-state index in [-0.39, 0.29) is 11.3 Å². The van der Waals surface area contributed by atoms with Crippen LogP contribution in [-0.2, 0) is 0 Å². The minimum absolute atomic E-state index is 0.0499. The van der Waals surface area contributed by atoms with Crippen molar-refractivity contribution in [2.75, 3.05) is 11.9 Å². The van der Waals surface area contributed by atoms with E-state index >= 15 is 0 Å². The van der Waals surface area contributed by atoms with Gasteiger partial charge in [-0.05, 0) is 37.3 Å². The molecule has 0 fully saturated rings. The first-order valence-corrected chi connectivity index (χ1v) is 7.71. The first kappa shape index (κ1) is 14.7. The van der Waals surface area contributed by atoms with Gasteiger partial charge in [0.05, 0.1) is 4.88 Å². The molecule has 0 atom stereocenters. The second-order valence-corrected chi connectivity index (χ2v) is 7.19. The fourth-order valence-corrected chi connectivity index (χ4v) is 3.46. The highest BCUT2D eigenvalue weighted by molar-refractivity contribution is 9.09. The Morgan fingerprint density at radius 2 is 2.12 bits per heavy atom. The van der Waals surface area contributed by atoms with Crippen molar-refractivity contribution in [3.63, 3.8) is 0 Å². The number of hydrogen-bond donors (Lipinski definition) is 1. The number of thiophene rings is 1. The van der Waals surface area contributed by atoms with Gasteiger partial charge in [0.15, 0.2) is 0 Å². The van der Waals surface area contributed by atoms with E-state index in [2.05, 4.69) is 35.1 Å². The van der Waals surface area contributed by atoms with Crippen molar-refractivity contribution >= 4 is 33.2 Å². The van der Waals surface area contributed by atoms with Crippen LogP contribution in [0.4, 0.5) is 0 Å². The van der Waals surface area contributed by atoms with Crippen LogP contribution in [0.1, 0.15) is 40.4 Å². The lowest BCUT2D eigenvalue weighted by atomic mass is 9.90. The zero-order chi connectivity index (χ0) is 13.1. The Morgan fingerprint density at radius 1 is 1.47 bits per heavy atom. The molecule has 0 saturated heterocycles. The normalized spacial score (nSPS) is 11.6. The molecule has 1 amide bonds. The van der Waals surface area contributed by atoms with Crippen LogP contribution in [0.5, 0.6) is 0 Å². The van der Waals surface area contributed by atoms with Crippen LogP contribution in [0.25, 0.3) is 0 Å². The van der Waals surface area contributed by atoms with E-state index in [1.165, 1.54) is 10.4 Å². The third-order valence-corrected chi connectivity index (χ3v) is 4.44. The van der Waals surface area contributed by atoms with Crippen molar-refractivity contribution in [1.29, 1.82) is 0 Å². The molecule has 1 aromatic rings. The van der Waals surface area contributed by atoms with Gasteiger partial charge in [0.25, 0.3) is 5.91 Å². The van der Waals surface area contributed by atoms with Crippen molar-refractivity contribution in [2.45, 2.75) is 34.1 Å². The van der Waals surface area contributed by atoms with Crippen LogP contribution in [-0.4, -0.2) is 17.8 Å². The van der Waals surface area contributed by atoms with Crippen LogP contribution in [0.2, 0.25) is 0 Å². The summed E-state index contributed by atoms with van der Waals surface area (Å²) < 4.78 is 0. The number of halogens is 1. The zero-order valence-electron chi connectivity index (χ0n) is 10.9. The second-order valence-electron chi connectivity index (χ2n) is 5.14. The molecule has 0 radical (unpaired) electrons. The number of nitrogens with one attached hydrogen (secondary N) is 1. The quantitative estimate of drug-likeness (QED) is 0.820. The lowest BCUT2D eigenvalue weighted by Crippen LogP contribution is -2.33. The number of carbonyl (C=O) groups is 1. The molecule has 0 aliphatic heterocycles. The van der Waals surface area contributed by atoms with Crippen molar-refractivity contribution in [2.24, 2.45) is 5.41 Å². The smallest absolute Gasteiger partial charge is 0.261 e. The van der Waals surface area contributed by atoms with Gasteiger partial charge in [-0.1, -0.05) is 29.8 Å². The molecule has 1 rings (SSSR count). The van der Waals surface area contributed by atoms with Crippen LogP contribution in [0.3, 0.4) is 0 Å². The molecule has 1 heterocycles. The van der Waals surface area contributed by atoms with Crippen LogP contribution in [0, 0.1) is 19.3 Å². The van der Waals surface area contributed by atoms with Gasteiger partial charge < -0.3 is 5.32 Å². The SMILES string of the molecule is Cc1cc(C(=O)NCC(C)(C)CCBr)sc1C. The summed E-state index contributed by atoms with van der Waals surface area (Å²) in [6, 6.07) is 1.97. The summed E-state index contributed by atoms with van der Waals surface area (Å²) >= 11 is 5.00. The average molecular weight is 318 g/mol. The second kappa shape index (κ2) is 6.01. The van der Waals surface area contributed by atoms with Gasteiger partial charge in [0.2, 0.25) is 0 Å². The first-order chi connectivity index (χ1) is 7.85. The predicted molar refractivity (Wildman–Crippen MR) is 78.3 cm³/mol. The molecule has 0 aliphatic rings. The summed E-state index contributed by atoms with van der Waals surface area (Å²) in [5, 5.41) is 3.98. The monoisotopic (exact) mass is 317 g/mol. The van der Waals surface area contributed by atoms with E-state index in [4.69, 9.17) is 0 Å². The molecule has 17 heavy (non-hydrogen) atoms. The highest BCUT2D eigenvalue weighted by Gasteiger charge is 2.19. The Labute approximate surface area is 116 Å². The fraction of sp³-hybridized carbons (Fsp3) is 0.615. The summed E-state index contributed by atoms with van der Waals surface area (Å²) in [6.07, 6.45) is 1.05. The zero-order valence-corrected chi connectivity index (χ0v) is 13.3. The van der Waals surface area contributed by atoms with E-state index in [0.717, 1.165) is 16.6 Å². The molecule has 0 spiro atoms. The topological polar surface area (TPSA) is 29.1 Å². The average Bonchev–Trinajstić information content (AvgIpc) is 2.56. The number of hydrogen-bond acceptors (Lipinski definition) is 2. The Bertz CT molecular complexity index is 379. The molecule has 0 bridgehead atoms. The number of alkyl halides is 1. The predicted octanol–water partition coefficient (Wildman–Crippen LogP) is 3.91. The maximum atomic E-state index is 11.9. The number of amides is 1. The van der Waals surface area contributed by atoms with E-state index in [1.807, 2.05) is 19.9 Å². The van der Waals surface area contributed by atoms with Crippen molar-refractivity contribution in [3.8, 4) is 0 Å². The standard InChI is InChI=1S/C13H20BrNOS/c1-9-7-11(17-10(9)2)12(16)15-8-13(3,4)5-6-14/h7H,5-6,8H2,1-4H3,(H,15,16). The van der Waals surface area contributed by atoms with Crippen molar-refractivity contribution in [1.82, 2.24) is 5.32 Å². The van der Waals surface area contributed by atoms with Crippen LogP contribution in [0.15, 0.2) is 6.07 Å². The third-order valence-electron chi connectivity index (χ3n) is 2.89. The molecule has 0 unspecified atom stereocenters. The summed E-state index contributed by atoms with van der Waals surface area (Å²) in [6.45, 7) is 9.13. The van der Waals surface area contributed by atoms with E-state index in [1.54, 1.807) is 11.3 Å². The highest BCUT2D eigenvalue weighted by atomic mass is 79.9. The van der Waals surface area contributed by atoms with Gasteiger partial charge in [0.1, 0.15) is 0 Å². The maximum absolute atomic E-state index is 11.9. The molecule has 96 valence electrons. The summed E-state index contributed by atoms with van der Waals surface area (Å²) in [5.41, 5.74) is 1.33. The summed E-state index contributed by atoms with van der Waals surface area (Å²) in [7, 11) is 0. The molecule has 0 aromatic carbocycles. The Balaban J connectivity index is 2.56. The lowest BCUT2D eigenvalue weighted by Gasteiger charge is -2.23. The molecule has 0 aliphatic carbocycles. The molecule has 0 saturated carbocycles. The van der Waals surface area contributed by atoms with Gasteiger partial charge in [-0.15, -0.1) is 11.3 Å². The Hall–Kier alpha value is -0.350. The summed E-state index contributed by atoms with van der Waals surface area (Å²) in [4.78, 5) is 14.0. The van der Waals surface area contributed by atoms with E-state index < -0.39 is 0 Å². The molecular weight excluding hydrogens is 298 g/mol. The highest BCUT2D eigenvalue weighted by Crippen LogP contribution is 2.22. The Morgan fingerprint density at radius 3 is 2.59 bits per heavy atom. The van der Waals surface area contributed by atoms with Crippen molar-refractivity contribution < 1.29 is 4.79 Å². The van der Waals surface area contributed by atoms with Crippen molar-refractivity contribution in [3.05, 3.63) is 21.4 Å². The minimum Gasteiger partial charge on any atom is -0.351 e. The van der Waals surface area contributed by atoms with Gasteiger partial charge >= 0.3 is 0 Å². The maximum Gasteiger partial charge on any atom is 0.261 e. The third kappa shape index (κ3) is 4.43. The lowest BCUT2D eigenvalue weighted by molar-refractivity contribution is 0.0940. The number of carbonyl (C=O) groups excluding carboxylic acids is 1. The molecule has 1 aromatic heterocycles. The summed E-state index contributed by atoms with van der Waals surface area (Å²) in [5.74, 6) is 0.0499. The minimum atomic E-state index is 0.0499. The number of rotatable bonds is 5. The first-order valence-electron chi connectivity index (χ1n) is 5.77. The van der Waals surface area contributed by atoms with Gasteiger partial charge in [-0.3, -0.25) is 4.79 Å². The van der Waals surface area contributed by atoms with E-state index in [9.17, 15) is 4.79 Å². The Kier molecular flexibility index (Phi) is 5.20. The number of aryl methyl sites for hydroxylation is 2.